The molecular formula is C98H185N2O20P. The molecule has 0 saturated carbocycles. The van der Waals surface area contributed by atoms with E-state index in [-0.39, 0.29) is 19.3 Å². The van der Waals surface area contributed by atoms with Crippen molar-refractivity contribution < 1.29 is 96.4 Å². The maximum atomic E-state index is 14.8. The van der Waals surface area contributed by atoms with Crippen LogP contribution in [0.3, 0.4) is 0 Å². The number of rotatable bonds is 85. The van der Waals surface area contributed by atoms with Crippen LogP contribution in [0.1, 0.15) is 485 Å². The molecule has 8 N–H and O–H groups in total. The highest BCUT2D eigenvalue weighted by Crippen LogP contribution is 2.43. The number of carbonyl (C=O) groups is 5. The third kappa shape index (κ3) is 61.0. The van der Waals surface area contributed by atoms with Crippen molar-refractivity contribution >= 4 is 37.5 Å². The standard InChI is InChI=1S/C98H185N2O20P/c1-9-15-21-27-33-39-40-41-42-48-49-55-61-67-79(7)114-83(70-64-58-52-45-36-30-24-18-12-4)75-88(105)99-92-80(8)115-86(94(109)96(92)118-90(107)74-82(103)69-63-57-51-44-35-29-23-17-11-3)78-113-98-93(100-87(104)73-81(102)68-62-56-50-43-34-28-22-16-10-2)97(95(85(77-101)117-98)120-121(110,111)112)119-91(108)76-84(71-65-59-53-46-37-31-25-19-13-5)116-89(106)72-66-60-54-47-38-32-26-20-14-6/h80-86,92-98,101-103,109H,7,9-78H2,1-6,8H3,(H,99,105)(H,100,104)(H2,110,111,112)/t80?,81?,82?,83?,84?,85?,86?,92?,93?,94-,95-,96-,97-,98-/m1/s1. The first-order chi connectivity index (χ1) is 58.6. The largest absolute Gasteiger partial charge is 0.495 e. The zero-order chi connectivity index (χ0) is 88.6. The van der Waals surface area contributed by atoms with Gasteiger partial charge in [0.15, 0.2) is 18.5 Å². The minimum atomic E-state index is -5.55. The van der Waals surface area contributed by atoms with Crippen molar-refractivity contribution in [3.8, 4) is 0 Å². The average Bonchev–Trinajstić information content (AvgIpc) is 0.775. The second-order valence-electron chi connectivity index (χ2n) is 36.1. The van der Waals surface area contributed by atoms with E-state index >= 15 is 0 Å². The van der Waals surface area contributed by atoms with Crippen molar-refractivity contribution in [2.24, 2.45) is 0 Å². The zero-order valence-electron chi connectivity index (χ0n) is 78.1. The Kier molecular flexibility index (Phi) is 72.2. The van der Waals surface area contributed by atoms with Crippen molar-refractivity contribution in [1.82, 2.24) is 10.6 Å². The third-order valence-electron chi connectivity index (χ3n) is 24.5. The number of hydrogen-bond donors (Lipinski definition) is 8. The van der Waals surface area contributed by atoms with E-state index in [1.54, 1.807) is 6.92 Å². The van der Waals surface area contributed by atoms with Gasteiger partial charge in [-0.25, -0.2) is 4.57 Å². The molecule has 0 aromatic carbocycles. The van der Waals surface area contributed by atoms with Crippen LogP contribution in [0, 0.1) is 0 Å². The summed E-state index contributed by atoms with van der Waals surface area (Å²) < 4.78 is 63.0. The van der Waals surface area contributed by atoms with Crippen LogP contribution in [-0.4, -0.2) is 159 Å². The van der Waals surface area contributed by atoms with Gasteiger partial charge in [0.05, 0.1) is 69.0 Å². The van der Waals surface area contributed by atoms with Gasteiger partial charge in [-0.3, -0.25) is 28.5 Å². The number of amides is 2. The first kappa shape index (κ1) is 114. The summed E-state index contributed by atoms with van der Waals surface area (Å²) >= 11 is 0. The molecule has 14 atom stereocenters. The molecule has 2 aliphatic rings. The van der Waals surface area contributed by atoms with E-state index < -0.39 is 156 Å². The van der Waals surface area contributed by atoms with Crippen LogP contribution in [0.15, 0.2) is 12.3 Å². The molecular weight excluding hydrogens is 1560 g/mol. The van der Waals surface area contributed by atoms with Gasteiger partial charge in [0.1, 0.15) is 42.7 Å². The van der Waals surface area contributed by atoms with Crippen LogP contribution in [0.25, 0.3) is 0 Å². The maximum Gasteiger partial charge on any atom is 0.470 e. The number of phosphoric ester groups is 1. The lowest BCUT2D eigenvalue weighted by molar-refractivity contribution is -0.285. The molecule has 2 aliphatic heterocycles. The summed E-state index contributed by atoms with van der Waals surface area (Å²) in [5.41, 5.74) is 0. The van der Waals surface area contributed by atoms with Gasteiger partial charge in [0, 0.05) is 12.8 Å². The fourth-order valence-corrected chi connectivity index (χ4v) is 17.7. The van der Waals surface area contributed by atoms with E-state index in [0.717, 1.165) is 173 Å². The van der Waals surface area contributed by atoms with Crippen molar-refractivity contribution in [2.45, 2.75) is 571 Å². The van der Waals surface area contributed by atoms with Gasteiger partial charge in [0.25, 0.3) is 0 Å². The molecule has 2 rings (SSSR count). The number of allylic oxidation sites excluding steroid dienone is 1. The van der Waals surface area contributed by atoms with Crippen LogP contribution >= 0.6 is 7.82 Å². The first-order valence-corrected chi connectivity index (χ1v) is 52.0. The van der Waals surface area contributed by atoms with Crippen LogP contribution in [0.2, 0.25) is 0 Å². The van der Waals surface area contributed by atoms with E-state index in [1.807, 2.05) is 0 Å². The molecule has 0 aromatic rings. The normalized spacial score (nSPS) is 20.4. The summed E-state index contributed by atoms with van der Waals surface area (Å²) in [6.45, 7) is 17.6. The van der Waals surface area contributed by atoms with Crippen molar-refractivity contribution in [1.29, 1.82) is 0 Å². The molecule has 2 saturated heterocycles. The van der Waals surface area contributed by atoms with Crippen LogP contribution in [0.5, 0.6) is 0 Å². The van der Waals surface area contributed by atoms with E-state index in [4.69, 9.17) is 37.7 Å². The Morgan fingerprint density at radius 3 is 1.11 bits per heavy atom. The smallest absolute Gasteiger partial charge is 0.470 e. The highest BCUT2D eigenvalue weighted by atomic mass is 31.2. The molecule has 0 spiro atoms. The third-order valence-corrected chi connectivity index (χ3v) is 25.0. The SMILES string of the molecule is C=C(CCCCCCCCCCCCCCC)OC(CCCCCCCCCCC)CC(=O)NC1C(C)OC(CO[C@@H]2OC(CO)[C@@H](OP(=O)(O)O)[C@H](OC(=O)CC(CCCCCCCCCCC)OC(=O)CCCCCCCCCCC)C2NC(=O)CC(O)CCCCCCCCCCC)[C@@H](O)[C@@H]1OC(=O)CC(O)CCCCCCCCCCC. The number of ether oxygens (including phenoxy) is 7. The molecule has 712 valence electrons. The Hall–Kier alpha value is -3.28. The quantitative estimate of drug-likeness (QED) is 0.00922. The Bertz CT molecular complexity index is 2550. The van der Waals surface area contributed by atoms with E-state index in [2.05, 4.69) is 58.8 Å². The van der Waals surface area contributed by atoms with E-state index in [9.17, 15) is 58.8 Å². The van der Waals surface area contributed by atoms with E-state index in [0.29, 0.717) is 57.1 Å². The van der Waals surface area contributed by atoms with Gasteiger partial charge >= 0.3 is 25.7 Å². The summed E-state index contributed by atoms with van der Waals surface area (Å²) in [5, 5.41) is 52.4. The summed E-state index contributed by atoms with van der Waals surface area (Å²) in [7, 11) is -5.55. The Balaban J connectivity index is 2.65. The molecule has 23 heteroatoms. The van der Waals surface area contributed by atoms with Gasteiger partial charge in [-0.05, 0) is 58.3 Å². The van der Waals surface area contributed by atoms with Gasteiger partial charge in [-0.2, -0.15) is 0 Å². The van der Waals surface area contributed by atoms with Crippen LogP contribution in [-0.2, 0) is 66.2 Å². The lowest BCUT2D eigenvalue weighted by Crippen LogP contribution is -2.67. The zero-order valence-corrected chi connectivity index (χ0v) is 79.0. The van der Waals surface area contributed by atoms with E-state index in [1.165, 1.54) is 173 Å². The minimum Gasteiger partial charge on any atom is -0.495 e. The Morgan fingerprint density at radius 2 is 0.711 bits per heavy atom. The summed E-state index contributed by atoms with van der Waals surface area (Å²) in [6, 6.07) is -2.88. The molecule has 2 amide bonds. The molecule has 0 radical (unpaired) electrons. The Labute approximate surface area is 737 Å². The molecule has 22 nitrogen and oxygen atoms in total. The minimum absolute atomic E-state index is 0.0734. The predicted octanol–water partition coefficient (Wildman–Crippen LogP) is 23.3. The highest BCUT2D eigenvalue weighted by Gasteiger charge is 2.54. The van der Waals surface area contributed by atoms with Crippen molar-refractivity contribution in [2.75, 3.05) is 13.2 Å². The molecule has 2 fully saturated rings. The van der Waals surface area contributed by atoms with Crippen molar-refractivity contribution in [3.63, 3.8) is 0 Å². The van der Waals surface area contributed by atoms with Gasteiger partial charge < -0.3 is 74.0 Å². The van der Waals surface area contributed by atoms with Gasteiger partial charge in [-0.1, -0.05) is 395 Å². The van der Waals surface area contributed by atoms with Gasteiger partial charge in [-0.15, -0.1) is 0 Å². The second-order valence-corrected chi connectivity index (χ2v) is 37.3. The topological polar surface area (TPSA) is 322 Å². The number of hydrogen-bond acceptors (Lipinski definition) is 18. The first-order valence-electron chi connectivity index (χ1n) is 50.5. The second kappa shape index (κ2) is 76.7. The van der Waals surface area contributed by atoms with Crippen LogP contribution < -0.4 is 10.6 Å². The average molecular weight is 1740 g/mol. The fraction of sp³-hybridized carbons (Fsp3) is 0.929. The molecule has 0 aromatic heterocycles. The lowest BCUT2D eigenvalue weighted by Gasteiger charge is -2.47. The molecule has 2 heterocycles. The monoisotopic (exact) mass is 1740 g/mol. The summed E-state index contributed by atoms with van der Waals surface area (Å²) in [5.74, 6) is -2.91. The summed E-state index contributed by atoms with van der Waals surface area (Å²) in [4.78, 5) is 93.1. The molecule has 0 aliphatic carbocycles. The lowest BCUT2D eigenvalue weighted by atomic mass is 9.92. The number of aliphatic hydroxyl groups excluding tert-OH is 4. The van der Waals surface area contributed by atoms with Crippen LogP contribution in [0.4, 0.5) is 0 Å². The molecule has 9 unspecified atom stereocenters. The number of esters is 3. The van der Waals surface area contributed by atoms with Gasteiger partial charge in [0.2, 0.25) is 11.8 Å². The number of nitrogens with one attached hydrogen (secondary N) is 2. The fourth-order valence-electron chi connectivity index (χ4n) is 17.1. The number of aliphatic hydroxyl groups is 4. The molecule has 121 heavy (non-hydrogen) atoms. The highest BCUT2D eigenvalue weighted by molar-refractivity contribution is 7.46. The van der Waals surface area contributed by atoms with Crippen molar-refractivity contribution in [3.05, 3.63) is 12.3 Å². The molecule has 0 bridgehead atoms. The number of phosphoric acid groups is 1. The maximum absolute atomic E-state index is 14.8. The number of unbranched alkanes of at least 4 members (excludes halogenated alkanes) is 52. The summed E-state index contributed by atoms with van der Waals surface area (Å²) in [6.07, 6.45) is 47.7. The number of carbonyl (C=O) groups excluding carboxylic acids is 5. The predicted molar refractivity (Wildman–Crippen MR) is 486 cm³/mol. The Morgan fingerprint density at radius 1 is 0.380 bits per heavy atom.